The van der Waals surface area contributed by atoms with Crippen LogP contribution in [0.4, 0.5) is 0 Å². The number of rotatable bonds is 6. The van der Waals surface area contributed by atoms with Gasteiger partial charge in [0, 0.05) is 32.8 Å². The summed E-state index contributed by atoms with van der Waals surface area (Å²) in [5.74, 6) is 0. The number of ether oxygens (including phenoxy) is 3. The van der Waals surface area contributed by atoms with Gasteiger partial charge in [-0.3, -0.25) is 9.80 Å². The van der Waals surface area contributed by atoms with Gasteiger partial charge in [-0.25, -0.2) is 0 Å². The Morgan fingerprint density at radius 1 is 1.00 bits per heavy atom. The van der Waals surface area contributed by atoms with Crippen molar-refractivity contribution < 1.29 is 19.3 Å². The van der Waals surface area contributed by atoms with E-state index in [4.69, 9.17) is 14.2 Å². The van der Waals surface area contributed by atoms with E-state index >= 15 is 0 Å². The van der Waals surface area contributed by atoms with Crippen LogP contribution in [-0.4, -0.2) is 93.0 Å². The molecule has 1 N–H and O–H groups in total. The zero-order valence-electron chi connectivity index (χ0n) is 11.8. The van der Waals surface area contributed by atoms with Crippen molar-refractivity contribution in [3.8, 4) is 0 Å². The highest BCUT2D eigenvalue weighted by atomic mass is 16.5. The van der Waals surface area contributed by atoms with Gasteiger partial charge in [0.25, 0.3) is 0 Å². The topological polar surface area (TPSA) is 54.4 Å². The number of hydrogen-bond donors (Lipinski definition) is 1. The summed E-state index contributed by atoms with van der Waals surface area (Å²) >= 11 is 0. The summed E-state index contributed by atoms with van der Waals surface area (Å²) in [5, 5.41) is 9.79. The van der Waals surface area contributed by atoms with Crippen LogP contribution in [0.3, 0.4) is 0 Å². The molecule has 0 amide bonds. The van der Waals surface area contributed by atoms with Crippen molar-refractivity contribution in [2.45, 2.75) is 19.2 Å². The predicted molar refractivity (Wildman–Crippen MR) is 71.1 cm³/mol. The standard InChI is InChI=1S/C13H26N2O4/c1-2-19-13(15-5-9-18-10-6-15)12(11-16)14-3-7-17-8-4-14/h12-13,16H,2-11H2,1H3. The Morgan fingerprint density at radius 2 is 1.53 bits per heavy atom. The molecule has 0 aromatic rings. The van der Waals surface area contributed by atoms with Gasteiger partial charge in [0.05, 0.1) is 39.1 Å². The fourth-order valence-corrected chi connectivity index (χ4v) is 2.76. The van der Waals surface area contributed by atoms with Crippen LogP contribution in [0.15, 0.2) is 0 Å². The molecule has 0 saturated carbocycles. The van der Waals surface area contributed by atoms with Crippen molar-refractivity contribution in [3.63, 3.8) is 0 Å². The molecule has 0 radical (unpaired) electrons. The van der Waals surface area contributed by atoms with E-state index in [0.717, 1.165) is 52.6 Å². The fourth-order valence-electron chi connectivity index (χ4n) is 2.76. The minimum absolute atomic E-state index is 0.0157. The summed E-state index contributed by atoms with van der Waals surface area (Å²) in [5.41, 5.74) is 0. The Kier molecular flexibility index (Phi) is 6.49. The van der Waals surface area contributed by atoms with Gasteiger partial charge in [-0.2, -0.15) is 0 Å². The maximum Gasteiger partial charge on any atom is 0.128 e. The molecule has 2 unspecified atom stereocenters. The third-order valence-electron chi connectivity index (χ3n) is 3.77. The van der Waals surface area contributed by atoms with Crippen LogP contribution in [0.5, 0.6) is 0 Å². The van der Waals surface area contributed by atoms with Crippen LogP contribution in [0.2, 0.25) is 0 Å². The van der Waals surface area contributed by atoms with Crippen LogP contribution < -0.4 is 0 Å². The van der Waals surface area contributed by atoms with E-state index < -0.39 is 0 Å². The predicted octanol–water partition coefficient (Wildman–Crippen LogP) is -0.626. The number of morpholine rings is 2. The third-order valence-corrected chi connectivity index (χ3v) is 3.77. The summed E-state index contributed by atoms with van der Waals surface area (Å²) in [6.07, 6.45) is -0.0583. The fraction of sp³-hybridized carbons (Fsp3) is 1.00. The van der Waals surface area contributed by atoms with Crippen molar-refractivity contribution >= 4 is 0 Å². The molecule has 19 heavy (non-hydrogen) atoms. The van der Waals surface area contributed by atoms with Crippen LogP contribution in [-0.2, 0) is 14.2 Å². The molecule has 0 aliphatic carbocycles. The molecule has 2 heterocycles. The zero-order valence-corrected chi connectivity index (χ0v) is 11.8. The molecule has 112 valence electrons. The summed E-state index contributed by atoms with van der Waals surface area (Å²) in [6.45, 7) is 9.17. The second-order valence-corrected chi connectivity index (χ2v) is 4.89. The molecule has 6 heteroatoms. The van der Waals surface area contributed by atoms with Gasteiger partial charge in [0.15, 0.2) is 0 Å². The number of hydrogen-bond acceptors (Lipinski definition) is 6. The first-order valence-electron chi connectivity index (χ1n) is 7.23. The Bertz CT molecular complexity index is 243. The van der Waals surface area contributed by atoms with Crippen molar-refractivity contribution in [3.05, 3.63) is 0 Å². The molecule has 0 aromatic heterocycles. The van der Waals surface area contributed by atoms with Crippen molar-refractivity contribution in [2.24, 2.45) is 0 Å². The smallest absolute Gasteiger partial charge is 0.128 e. The third kappa shape index (κ3) is 4.11. The Hall–Kier alpha value is -0.240. The summed E-state index contributed by atoms with van der Waals surface area (Å²) in [7, 11) is 0. The quantitative estimate of drug-likeness (QED) is 0.696. The van der Waals surface area contributed by atoms with Crippen molar-refractivity contribution in [2.75, 3.05) is 65.8 Å². The molecular formula is C13H26N2O4. The van der Waals surface area contributed by atoms with E-state index in [9.17, 15) is 5.11 Å². The van der Waals surface area contributed by atoms with Gasteiger partial charge in [0.1, 0.15) is 6.23 Å². The van der Waals surface area contributed by atoms with Gasteiger partial charge in [-0.1, -0.05) is 0 Å². The SMILES string of the molecule is CCOC(C(CO)N1CCOCC1)N1CCOCC1. The van der Waals surface area contributed by atoms with E-state index in [1.165, 1.54) is 0 Å². The molecule has 0 aromatic carbocycles. The first kappa shape index (κ1) is 15.2. The normalized spacial score (nSPS) is 26.2. The van der Waals surface area contributed by atoms with E-state index in [-0.39, 0.29) is 18.9 Å². The molecule has 2 fully saturated rings. The molecule has 2 saturated heterocycles. The van der Waals surface area contributed by atoms with Crippen molar-refractivity contribution in [1.29, 1.82) is 0 Å². The van der Waals surface area contributed by atoms with Gasteiger partial charge in [-0.05, 0) is 6.92 Å². The molecule has 0 spiro atoms. The molecule has 2 aliphatic heterocycles. The number of aliphatic hydroxyl groups is 1. The van der Waals surface area contributed by atoms with Gasteiger partial charge in [-0.15, -0.1) is 0 Å². The minimum Gasteiger partial charge on any atom is -0.395 e. The first-order chi connectivity index (χ1) is 9.36. The highest BCUT2D eigenvalue weighted by Crippen LogP contribution is 2.16. The highest BCUT2D eigenvalue weighted by Gasteiger charge is 2.33. The van der Waals surface area contributed by atoms with Gasteiger partial charge >= 0.3 is 0 Å². The Balaban J connectivity index is 2.00. The lowest BCUT2D eigenvalue weighted by Crippen LogP contribution is -2.59. The van der Waals surface area contributed by atoms with Crippen LogP contribution in [0.1, 0.15) is 6.92 Å². The Morgan fingerprint density at radius 3 is 2.00 bits per heavy atom. The second-order valence-electron chi connectivity index (χ2n) is 4.89. The maximum atomic E-state index is 9.79. The lowest BCUT2D eigenvalue weighted by Gasteiger charge is -2.43. The molecular weight excluding hydrogens is 248 g/mol. The second kappa shape index (κ2) is 8.14. The first-order valence-corrected chi connectivity index (χ1v) is 7.23. The molecule has 2 aliphatic rings. The van der Waals surface area contributed by atoms with Gasteiger partial charge in [0.2, 0.25) is 0 Å². The zero-order chi connectivity index (χ0) is 13.5. The molecule has 2 rings (SSSR count). The van der Waals surface area contributed by atoms with E-state index in [0.29, 0.717) is 6.61 Å². The van der Waals surface area contributed by atoms with Crippen LogP contribution in [0.25, 0.3) is 0 Å². The maximum absolute atomic E-state index is 9.79. The number of aliphatic hydroxyl groups excluding tert-OH is 1. The summed E-state index contributed by atoms with van der Waals surface area (Å²) < 4.78 is 16.7. The number of nitrogens with zero attached hydrogens (tertiary/aromatic N) is 2. The monoisotopic (exact) mass is 274 g/mol. The van der Waals surface area contributed by atoms with Gasteiger partial charge < -0.3 is 19.3 Å². The van der Waals surface area contributed by atoms with Crippen molar-refractivity contribution in [1.82, 2.24) is 9.80 Å². The lowest BCUT2D eigenvalue weighted by molar-refractivity contribution is -0.146. The Labute approximate surface area is 115 Å². The van der Waals surface area contributed by atoms with Crippen LogP contribution >= 0.6 is 0 Å². The van der Waals surface area contributed by atoms with Crippen LogP contribution in [0, 0.1) is 0 Å². The molecule has 0 bridgehead atoms. The summed E-state index contributed by atoms with van der Waals surface area (Å²) in [6, 6.07) is 0.0157. The average molecular weight is 274 g/mol. The van der Waals surface area contributed by atoms with E-state index in [1.54, 1.807) is 0 Å². The molecule has 6 nitrogen and oxygen atoms in total. The summed E-state index contributed by atoms with van der Waals surface area (Å²) in [4.78, 5) is 4.56. The van der Waals surface area contributed by atoms with E-state index in [1.807, 2.05) is 6.92 Å². The largest absolute Gasteiger partial charge is 0.395 e. The van der Waals surface area contributed by atoms with E-state index in [2.05, 4.69) is 9.80 Å². The minimum atomic E-state index is -0.0583. The molecule has 2 atom stereocenters. The lowest BCUT2D eigenvalue weighted by atomic mass is 10.1. The highest BCUT2D eigenvalue weighted by molar-refractivity contribution is 4.83. The average Bonchev–Trinajstić information content (AvgIpc) is 2.49.